The molecule has 0 aliphatic rings. The van der Waals surface area contributed by atoms with Crippen LogP contribution in [0.4, 0.5) is 0 Å². The van der Waals surface area contributed by atoms with E-state index in [0.29, 0.717) is 11.3 Å². The number of nitrogens with two attached hydrogens (primary N) is 1. The van der Waals surface area contributed by atoms with Crippen molar-refractivity contribution in [1.29, 1.82) is 5.41 Å². The van der Waals surface area contributed by atoms with Crippen molar-refractivity contribution in [3.05, 3.63) is 40.3 Å². The Bertz CT molecular complexity index is 697. The minimum atomic E-state index is -0.0846. The number of amidine groups is 1. The van der Waals surface area contributed by atoms with Gasteiger partial charge in [-0.2, -0.15) is 5.10 Å². The topological polar surface area (TPSA) is 97.8 Å². The van der Waals surface area contributed by atoms with Crippen LogP contribution in [0.15, 0.2) is 12.1 Å². The average molecular weight is 285 g/mol. The lowest BCUT2D eigenvalue weighted by molar-refractivity contribution is 0.444. The SMILES string of the molecule is CCc1nc(C)ccc1Oc1nnc(C)c(C)c1C(=N)N. The molecule has 2 rings (SSSR count). The highest BCUT2D eigenvalue weighted by molar-refractivity contribution is 5.98. The number of pyridine rings is 1. The molecule has 0 aromatic carbocycles. The fourth-order valence-electron chi connectivity index (χ4n) is 2.02. The molecule has 2 heterocycles. The van der Waals surface area contributed by atoms with E-state index in [1.54, 1.807) is 0 Å². The number of hydrogen-bond acceptors (Lipinski definition) is 5. The minimum Gasteiger partial charge on any atom is -0.435 e. The number of aromatic nitrogens is 3. The Balaban J connectivity index is 2.50. The van der Waals surface area contributed by atoms with Crippen LogP contribution in [0, 0.1) is 26.2 Å². The number of nitrogens with zero attached hydrogens (tertiary/aromatic N) is 3. The van der Waals surface area contributed by atoms with Gasteiger partial charge in [-0.3, -0.25) is 10.4 Å². The normalized spacial score (nSPS) is 10.5. The van der Waals surface area contributed by atoms with Gasteiger partial charge in [0.1, 0.15) is 5.84 Å². The second kappa shape index (κ2) is 5.87. The lowest BCUT2D eigenvalue weighted by Gasteiger charge is -2.14. The van der Waals surface area contributed by atoms with Crippen LogP contribution in [0.5, 0.6) is 11.6 Å². The molecule has 0 spiro atoms. The monoisotopic (exact) mass is 285 g/mol. The lowest BCUT2D eigenvalue weighted by atomic mass is 10.1. The molecule has 0 atom stereocenters. The van der Waals surface area contributed by atoms with Crippen LogP contribution < -0.4 is 10.5 Å². The van der Waals surface area contributed by atoms with Crippen LogP contribution in [0.2, 0.25) is 0 Å². The zero-order valence-electron chi connectivity index (χ0n) is 12.7. The molecular weight excluding hydrogens is 266 g/mol. The van der Waals surface area contributed by atoms with Gasteiger partial charge in [0.2, 0.25) is 5.88 Å². The molecule has 21 heavy (non-hydrogen) atoms. The predicted molar refractivity (Wildman–Crippen MR) is 80.9 cm³/mol. The van der Waals surface area contributed by atoms with E-state index in [0.717, 1.165) is 29.1 Å². The van der Waals surface area contributed by atoms with Gasteiger partial charge in [0, 0.05) is 5.69 Å². The maximum absolute atomic E-state index is 7.73. The van der Waals surface area contributed by atoms with Crippen molar-refractivity contribution in [2.45, 2.75) is 34.1 Å². The zero-order chi connectivity index (χ0) is 15.6. The molecule has 0 saturated heterocycles. The summed E-state index contributed by atoms with van der Waals surface area (Å²) in [6.45, 7) is 7.61. The number of aryl methyl sites for hydroxylation is 3. The van der Waals surface area contributed by atoms with Crippen molar-refractivity contribution >= 4 is 5.84 Å². The highest BCUT2D eigenvalue weighted by atomic mass is 16.5. The molecule has 0 unspecified atom stereocenters. The molecule has 110 valence electrons. The maximum Gasteiger partial charge on any atom is 0.250 e. The van der Waals surface area contributed by atoms with Gasteiger partial charge >= 0.3 is 0 Å². The molecule has 0 fully saturated rings. The molecule has 0 aliphatic carbocycles. The molecule has 0 amide bonds. The summed E-state index contributed by atoms with van der Waals surface area (Å²) >= 11 is 0. The van der Waals surface area contributed by atoms with Crippen LogP contribution in [-0.2, 0) is 6.42 Å². The van der Waals surface area contributed by atoms with E-state index in [4.69, 9.17) is 15.9 Å². The number of ether oxygens (including phenoxy) is 1. The lowest BCUT2D eigenvalue weighted by Crippen LogP contribution is -2.17. The summed E-state index contributed by atoms with van der Waals surface area (Å²) in [5.74, 6) is 0.771. The van der Waals surface area contributed by atoms with Crippen molar-refractivity contribution in [2.24, 2.45) is 5.73 Å². The van der Waals surface area contributed by atoms with Crippen LogP contribution in [0.25, 0.3) is 0 Å². The Labute approximate surface area is 123 Å². The molecule has 2 aromatic rings. The smallest absolute Gasteiger partial charge is 0.250 e. The molecule has 6 heteroatoms. The minimum absolute atomic E-state index is 0.0846. The first-order valence-corrected chi connectivity index (χ1v) is 6.76. The van der Waals surface area contributed by atoms with E-state index >= 15 is 0 Å². The molecule has 0 bridgehead atoms. The van der Waals surface area contributed by atoms with Gasteiger partial charge in [0.05, 0.1) is 17.0 Å². The van der Waals surface area contributed by atoms with Crippen LogP contribution >= 0.6 is 0 Å². The number of nitrogens with one attached hydrogen (secondary N) is 1. The van der Waals surface area contributed by atoms with Crippen molar-refractivity contribution in [3.8, 4) is 11.6 Å². The summed E-state index contributed by atoms with van der Waals surface area (Å²) in [4.78, 5) is 4.44. The fourth-order valence-corrected chi connectivity index (χ4v) is 2.02. The third kappa shape index (κ3) is 2.99. The Morgan fingerprint density at radius 3 is 2.57 bits per heavy atom. The first kappa shape index (κ1) is 14.9. The van der Waals surface area contributed by atoms with Crippen LogP contribution in [0.3, 0.4) is 0 Å². The van der Waals surface area contributed by atoms with Gasteiger partial charge < -0.3 is 10.5 Å². The van der Waals surface area contributed by atoms with Crippen molar-refractivity contribution in [3.63, 3.8) is 0 Å². The average Bonchev–Trinajstić information content (AvgIpc) is 2.44. The molecular formula is C15H19N5O. The van der Waals surface area contributed by atoms with Crippen molar-refractivity contribution in [1.82, 2.24) is 15.2 Å². The summed E-state index contributed by atoms with van der Waals surface area (Å²) in [7, 11) is 0. The Morgan fingerprint density at radius 1 is 1.24 bits per heavy atom. The second-order valence-corrected chi connectivity index (χ2v) is 4.86. The number of nitrogen functional groups attached to an aromatic ring is 1. The predicted octanol–water partition coefficient (Wildman–Crippen LogP) is 2.44. The third-order valence-electron chi connectivity index (χ3n) is 3.30. The standard InChI is InChI=1S/C15H19N5O/c1-5-11-12(7-6-8(2)18-11)21-15-13(14(16)17)9(3)10(4)19-20-15/h6-7H,5H2,1-4H3,(H3,16,17). The van der Waals surface area contributed by atoms with Gasteiger partial charge in [-0.05, 0) is 44.9 Å². The van der Waals surface area contributed by atoms with E-state index in [1.807, 2.05) is 39.8 Å². The summed E-state index contributed by atoms with van der Waals surface area (Å²) in [6, 6.07) is 3.72. The Kier molecular flexibility index (Phi) is 4.16. The molecule has 6 nitrogen and oxygen atoms in total. The van der Waals surface area contributed by atoms with E-state index < -0.39 is 0 Å². The second-order valence-electron chi connectivity index (χ2n) is 4.86. The fraction of sp³-hybridized carbons (Fsp3) is 0.333. The molecule has 0 radical (unpaired) electrons. The van der Waals surface area contributed by atoms with E-state index in [9.17, 15) is 0 Å². The summed E-state index contributed by atoms with van der Waals surface area (Å²) in [5.41, 5.74) is 9.42. The Morgan fingerprint density at radius 2 is 1.95 bits per heavy atom. The molecule has 0 saturated carbocycles. The van der Waals surface area contributed by atoms with E-state index in [-0.39, 0.29) is 11.7 Å². The maximum atomic E-state index is 7.73. The summed E-state index contributed by atoms with van der Waals surface area (Å²) < 4.78 is 5.83. The number of rotatable bonds is 4. The Hall–Kier alpha value is -2.50. The van der Waals surface area contributed by atoms with Gasteiger partial charge in [0.15, 0.2) is 5.75 Å². The highest BCUT2D eigenvalue weighted by Crippen LogP contribution is 2.27. The van der Waals surface area contributed by atoms with Crippen molar-refractivity contribution in [2.75, 3.05) is 0 Å². The van der Waals surface area contributed by atoms with Gasteiger partial charge in [-0.25, -0.2) is 0 Å². The zero-order valence-corrected chi connectivity index (χ0v) is 12.7. The van der Waals surface area contributed by atoms with Gasteiger partial charge in [-0.1, -0.05) is 6.92 Å². The van der Waals surface area contributed by atoms with E-state index in [1.165, 1.54) is 0 Å². The van der Waals surface area contributed by atoms with Crippen molar-refractivity contribution < 1.29 is 4.74 Å². The number of hydrogen-bond donors (Lipinski definition) is 2. The molecule has 3 N–H and O–H groups in total. The molecule has 0 aliphatic heterocycles. The quantitative estimate of drug-likeness (QED) is 0.664. The first-order chi connectivity index (χ1) is 9.93. The summed E-state index contributed by atoms with van der Waals surface area (Å²) in [6.07, 6.45) is 0.741. The highest BCUT2D eigenvalue weighted by Gasteiger charge is 2.17. The van der Waals surface area contributed by atoms with Crippen LogP contribution in [-0.4, -0.2) is 21.0 Å². The summed E-state index contributed by atoms with van der Waals surface area (Å²) in [5, 5.41) is 15.8. The third-order valence-corrected chi connectivity index (χ3v) is 3.30. The largest absolute Gasteiger partial charge is 0.435 e. The van der Waals surface area contributed by atoms with E-state index in [2.05, 4.69) is 15.2 Å². The van der Waals surface area contributed by atoms with Gasteiger partial charge in [0.25, 0.3) is 0 Å². The van der Waals surface area contributed by atoms with Crippen LogP contribution in [0.1, 0.15) is 35.1 Å². The first-order valence-electron chi connectivity index (χ1n) is 6.76. The molecule has 2 aromatic heterocycles. The van der Waals surface area contributed by atoms with Gasteiger partial charge in [-0.15, -0.1) is 5.10 Å².